The average molecular weight is 471 g/mol. The number of amides is 1. The molecule has 4 nitrogen and oxygen atoms in total. The number of fused-ring (bicyclic) bond motifs is 1. The smallest absolute Gasteiger partial charge is 0.253 e. The van der Waals surface area contributed by atoms with Gasteiger partial charge in [0.05, 0.1) is 7.11 Å². The highest BCUT2D eigenvalue weighted by molar-refractivity contribution is 5.94. The van der Waals surface area contributed by atoms with Crippen LogP contribution in [0.3, 0.4) is 0 Å². The van der Waals surface area contributed by atoms with Crippen molar-refractivity contribution in [2.24, 2.45) is 17.3 Å². The van der Waals surface area contributed by atoms with Crippen LogP contribution in [-0.2, 0) is 11.8 Å². The summed E-state index contributed by atoms with van der Waals surface area (Å²) in [4.78, 5) is 18.6. The number of carbonyl (C=O) groups is 1. The van der Waals surface area contributed by atoms with Gasteiger partial charge in [0.15, 0.2) is 0 Å². The largest absolute Gasteiger partial charge is 0.497 e. The van der Waals surface area contributed by atoms with Crippen LogP contribution in [0.15, 0.2) is 48.5 Å². The highest BCUT2D eigenvalue weighted by atomic mass is 16.5. The third-order valence-electron chi connectivity index (χ3n) is 10.9. The standard InChI is InChI=1S/C31H38N2O2/c1-32(29(34)22-6-4-3-5-7-22)27-13-15-30-14-12-25(27)31(30)16-17-33(20-21-8-9-21)28(30)18-23-10-11-24(35-2)19-26(23)31/h3-7,10-11,19,21,25,27-28H,8-9,12-18,20H2,1-2H3. The normalized spacial score (nSPS) is 35.2. The fourth-order valence-electron chi connectivity index (χ4n) is 9.28. The Hall–Kier alpha value is -2.33. The maximum atomic E-state index is 13.6. The van der Waals surface area contributed by atoms with Crippen LogP contribution >= 0.6 is 0 Å². The Morgan fingerprint density at radius 1 is 1.06 bits per heavy atom. The molecule has 0 N–H and O–H groups in total. The van der Waals surface area contributed by atoms with E-state index in [-0.39, 0.29) is 11.3 Å². The number of hydrogen-bond donors (Lipinski definition) is 0. The lowest BCUT2D eigenvalue weighted by atomic mass is 9.43. The van der Waals surface area contributed by atoms with E-state index >= 15 is 0 Å². The van der Waals surface area contributed by atoms with Gasteiger partial charge in [-0.3, -0.25) is 9.69 Å². The molecule has 4 fully saturated rings. The predicted molar refractivity (Wildman–Crippen MR) is 138 cm³/mol. The molecule has 5 aliphatic rings. The molecule has 184 valence electrons. The molecule has 4 bridgehead atoms. The quantitative estimate of drug-likeness (QED) is 0.594. The van der Waals surface area contributed by atoms with Crippen LogP contribution in [0.25, 0.3) is 0 Å². The van der Waals surface area contributed by atoms with E-state index in [0.717, 1.165) is 23.7 Å². The molecule has 2 aromatic rings. The molecule has 5 atom stereocenters. The third kappa shape index (κ3) is 2.98. The van der Waals surface area contributed by atoms with E-state index in [9.17, 15) is 4.79 Å². The van der Waals surface area contributed by atoms with E-state index in [4.69, 9.17) is 4.74 Å². The van der Waals surface area contributed by atoms with Crippen molar-refractivity contribution >= 4 is 5.91 Å². The first-order chi connectivity index (χ1) is 17.1. The number of methoxy groups -OCH3 is 1. The number of rotatable bonds is 5. The zero-order chi connectivity index (χ0) is 23.8. The van der Waals surface area contributed by atoms with Crippen molar-refractivity contribution in [2.75, 3.05) is 27.2 Å². The highest BCUT2D eigenvalue weighted by Gasteiger charge is 2.71. The molecule has 4 heteroatoms. The van der Waals surface area contributed by atoms with Crippen molar-refractivity contribution in [1.29, 1.82) is 0 Å². The van der Waals surface area contributed by atoms with Crippen LogP contribution in [0, 0.1) is 17.3 Å². The Bertz CT molecular complexity index is 1140. The maximum absolute atomic E-state index is 13.6. The summed E-state index contributed by atoms with van der Waals surface area (Å²) in [5.74, 6) is 2.61. The van der Waals surface area contributed by atoms with Gasteiger partial charge in [-0.05, 0) is 111 Å². The topological polar surface area (TPSA) is 32.8 Å². The minimum atomic E-state index is 0.161. The monoisotopic (exact) mass is 470 g/mol. The van der Waals surface area contributed by atoms with Crippen molar-refractivity contribution in [3.05, 3.63) is 65.2 Å². The first kappa shape index (κ1) is 21.9. The second-order valence-electron chi connectivity index (χ2n) is 12.1. The van der Waals surface area contributed by atoms with Crippen molar-refractivity contribution in [3.8, 4) is 5.75 Å². The van der Waals surface area contributed by atoms with Crippen molar-refractivity contribution in [3.63, 3.8) is 0 Å². The Morgan fingerprint density at radius 2 is 1.86 bits per heavy atom. The number of likely N-dealkylation sites (tertiary alicyclic amines) is 1. The molecule has 0 aromatic heterocycles. The van der Waals surface area contributed by atoms with E-state index in [2.05, 4.69) is 35.0 Å². The minimum absolute atomic E-state index is 0.161. The maximum Gasteiger partial charge on any atom is 0.253 e. The number of piperidine rings is 1. The lowest BCUT2D eigenvalue weighted by molar-refractivity contribution is -0.104. The fraction of sp³-hybridized carbons (Fsp3) is 0.581. The van der Waals surface area contributed by atoms with Crippen LogP contribution < -0.4 is 4.74 Å². The van der Waals surface area contributed by atoms with Crippen molar-refractivity contribution in [1.82, 2.24) is 9.80 Å². The second kappa shape index (κ2) is 7.83. The summed E-state index contributed by atoms with van der Waals surface area (Å²) in [6, 6.07) is 17.7. The molecule has 5 unspecified atom stereocenters. The summed E-state index contributed by atoms with van der Waals surface area (Å²) in [5.41, 5.74) is 4.42. The molecule has 1 aliphatic heterocycles. The van der Waals surface area contributed by atoms with E-state index in [1.807, 2.05) is 30.3 Å². The molecule has 7 rings (SSSR count). The zero-order valence-corrected chi connectivity index (χ0v) is 21.2. The van der Waals surface area contributed by atoms with Crippen molar-refractivity contribution in [2.45, 2.75) is 68.9 Å². The minimum Gasteiger partial charge on any atom is -0.497 e. The number of hydrogen-bond acceptors (Lipinski definition) is 3. The SMILES string of the molecule is COc1ccc2c(c1)C13CCN(CC4CC4)C(C2)C12CCC(N(C)C(=O)c1ccccc1)C3CC2. The predicted octanol–water partition coefficient (Wildman–Crippen LogP) is 5.30. The Morgan fingerprint density at radius 3 is 2.63 bits per heavy atom. The second-order valence-corrected chi connectivity index (χ2v) is 12.1. The van der Waals surface area contributed by atoms with Crippen LogP contribution in [-0.4, -0.2) is 55.0 Å². The van der Waals surface area contributed by atoms with Gasteiger partial charge in [0.1, 0.15) is 5.75 Å². The molecule has 1 heterocycles. The highest BCUT2D eigenvalue weighted by Crippen LogP contribution is 2.72. The fourth-order valence-corrected chi connectivity index (χ4v) is 9.28. The Kier molecular flexibility index (Phi) is 4.90. The van der Waals surface area contributed by atoms with Crippen LogP contribution in [0.2, 0.25) is 0 Å². The van der Waals surface area contributed by atoms with Crippen LogP contribution in [0.1, 0.15) is 66.4 Å². The summed E-state index contributed by atoms with van der Waals surface area (Å²) in [6.07, 6.45) is 10.2. The van der Waals surface area contributed by atoms with E-state index in [1.54, 1.807) is 12.7 Å². The Balaban J connectivity index is 1.32. The molecular weight excluding hydrogens is 432 g/mol. The molecular formula is C31H38N2O2. The van der Waals surface area contributed by atoms with Gasteiger partial charge in [-0.25, -0.2) is 0 Å². The lowest BCUT2D eigenvalue weighted by Crippen LogP contribution is -2.70. The number of benzene rings is 2. The summed E-state index contributed by atoms with van der Waals surface area (Å²) in [6.45, 7) is 2.51. The van der Waals surface area contributed by atoms with Gasteiger partial charge in [-0.2, -0.15) is 0 Å². The van der Waals surface area contributed by atoms with Gasteiger partial charge in [-0.1, -0.05) is 24.3 Å². The number of ether oxygens (including phenoxy) is 1. The van der Waals surface area contributed by atoms with E-state index in [0.29, 0.717) is 23.4 Å². The average Bonchev–Trinajstić information content (AvgIpc) is 3.68. The third-order valence-corrected chi connectivity index (χ3v) is 10.9. The first-order valence-corrected chi connectivity index (χ1v) is 13.8. The summed E-state index contributed by atoms with van der Waals surface area (Å²) < 4.78 is 5.76. The molecule has 3 saturated carbocycles. The summed E-state index contributed by atoms with van der Waals surface area (Å²) in [5, 5.41) is 0. The van der Waals surface area contributed by atoms with Gasteiger partial charge in [0.25, 0.3) is 5.91 Å². The molecule has 35 heavy (non-hydrogen) atoms. The molecule has 1 amide bonds. The van der Waals surface area contributed by atoms with Gasteiger partial charge in [-0.15, -0.1) is 0 Å². The molecule has 0 radical (unpaired) electrons. The van der Waals surface area contributed by atoms with Gasteiger partial charge in [0, 0.05) is 36.7 Å². The number of nitrogens with zero attached hydrogens (tertiary/aromatic N) is 2. The summed E-state index contributed by atoms with van der Waals surface area (Å²) >= 11 is 0. The van der Waals surface area contributed by atoms with Gasteiger partial charge >= 0.3 is 0 Å². The van der Waals surface area contributed by atoms with E-state index in [1.165, 1.54) is 63.6 Å². The lowest BCUT2D eigenvalue weighted by Gasteiger charge is -2.67. The van der Waals surface area contributed by atoms with Crippen LogP contribution in [0.4, 0.5) is 0 Å². The van der Waals surface area contributed by atoms with Crippen molar-refractivity contribution < 1.29 is 9.53 Å². The zero-order valence-electron chi connectivity index (χ0n) is 21.2. The number of carbonyl (C=O) groups excluding carboxylic acids is 1. The first-order valence-electron chi connectivity index (χ1n) is 13.8. The van der Waals surface area contributed by atoms with Crippen LogP contribution in [0.5, 0.6) is 5.75 Å². The van der Waals surface area contributed by atoms with E-state index < -0.39 is 0 Å². The van der Waals surface area contributed by atoms with Gasteiger partial charge < -0.3 is 9.64 Å². The Labute approximate surface area is 209 Å². The van der Waals surface area contributed by atoms with Gasteiger partial charge in [0.2, 0.25) is 0 Å². The molecule has 2 aromatic carbocycles. The molecule has 1 saturated heterocycles. The molecule has 4 aliphatic carbocycles. The summed E-state index contributed by atoms with van der Waals surface area (Å²) in [7, 11) is 3.86. The molecule has 0 spiro atoms.